The number of ether oxygens (including phenoxy) is 1. The third kappa shape index (κ3) is 3.55. The van der Waals surface area contributed by atoms with Crippen molar-refractivity contribution in [3.05, 3.63) is 0 Å². The number of hydrogen-bond acceptors (Lipinski definition) is 3. The van der Waals surface area contributed by atoms with E-state index >= 15 is 0 Å². The van der Waals surface area contributed by atoms with E-state index in [1.165, 1.54) is 25.7 Å². The summed E-state index contributed by atoms with van der Waals surface area (Å²) in [5, 5.41) is 0. The molecule has 0 aromatic carbocycles. The summed E-state index contributed by atoms with van der Waals surface area (Å²) in [5.41, 5.74) is 0. The Labute approximate surface area is 111 Å². The van der Waals surface area contributed by atoms with Crippen LogP contribution >= 0.6 is 0 Å². The molecule has 2 atom stereocenters. The lowest BCUT2D eigenvalue weighted by Crippen LogP contribution is -2.48. The largest absolute Gasteiger partial charge is 0.380 e. The number of rotatable bonds is 5. The van der Waals surface area contributed by atoms with Crippen LogP contribution in [0.3, 0.4) is 0 Å². The van der Waals surface area contributed by atoms with Gasteiger partial charge < -0.3 is 4.74 Å². The molecule has 0 amide bonds. The molecule has 0 spiro atoms. The van der Waals surface area contributed by atoms with Crippen molar-refractivity contribution in [1.82, 2.24) is 4.90 Å². The molecule has 2 rings (SSSR count). The maximum absolute atomic E-state index is 12.1. The van der Waals surface area contributed by atoms with E-state index < -0.39 is 0 Å². The van der Waals surface area contributed by atoms with Crippen molar-refractivity contribution in [2.75, 3.05) is 26.3 Å². The van der Waals surface area contributed by atoms with Gasteiger partial charge in [-0.1, -0.05) is 12.8 Å². The number of likely N-dealkylation sites (tertiary alicyclic amines) is 1. The van der Waals surface area contributed by atoms with Crippen LogP contribution in [0.2, 0.25) is 0 Å². The normalized spacial score (nSPS) is 30.6. The molecule has 3 heteroatoms. The molecular formula is C15H27NO2. The minimum atomic E-state index is 0.320. The second kappa shape index (κ2) is 7.25. The average molecular weight is 253 g/mol. The Balaban J connectivity index is 1.91. The molecule has 104 valence electrons. The molecule has 2 fully saturated rings. The van der Waals surface area contributed by atoms with Gasteiger partial charge in [-0.05, 0) is 39.2 Å². The van der Waals surface area contributed by atoms with Crippen molar-refractivity contribution in [2.24, 2.45) is 5.92 Å². The highest BCUT2D eigenvalue weighted by atomic mass is 16.5. The van der Waals surface area contributed by atoms with Crippen LogP contribution in [0.15, 0.2) is 0 Å². The smallest absolute Gasteiger partial charge is 0.137 e. The van der Waals surface area contributed by atoms with E-state index in [1.807, 2.05) is 6.92 Å². The molecule has 0 aromatic rings. The molecule has 3 nitrogen and oxygen atoms in total. The van der Waals surface area contributed by atoms with Crippen molar-refractivity contribution in [1.29, 1.82) is 0 Å². The summed E-state index contributed by atoms with van der Waals surface area (Å²) in [6.07, 6.45) is 8.08. The third-order valence-electron chi connectivity index (χ3n) is 4.46. The summed E-state index contributed by atoms with van der Waals surface area (Å²) in [6.45, 7) is 5.80. The topological polar surface area (TPSA) is 29.5 Å². The van der Waals surface area contributed by atoms with Gasteiger partial charge in [0.2, 0.25) is 0 Å². The molecule has 1 saturated carbocycles. The molecule has 0 bridgehead atoms. The Morgan fingerprint density at radius 3 is 2.83 bits per heavy atom. The number of ketones is 1. The molecule has 1 aliphatic heterocycles. The van der Waals surface area contributed by atoms with Crippen LogP contribution in [0.25, 0.3) is 0 Å². The van der Waals surface area contributed by atoms with Gasteiger partial charge >= 0.3 is 0 Å². The fraction of sp³-hybridized carbons (Fsp3) is 0.933. The zero-order valence-corrected chi connectivity index (χ0v) is 11.7. The minimum absolute atomic E-state index is 0.320. The summed E-state index contributed by atoms with van der Waals surface area (Å²) in [7, 11) is 0. The third-order valence-corrected chi connectivity index (χ3v) is 4.46. The maximum Gasteiger partial charge on any atom is 0.137 e. The first-order chi connectivity index (χ1) is 8.83. The van der Waals surface area contributed by atoms with E-state index in [0.717, 1.165) is 45.6 Å². The predicted molar refractivity (Wildman–Crippen MR) is 72.7 cm³/mol. The molecular weight excluding hydrogens is 226 g/mol. The highest BCUT2D eigenvalue weighted by Crippen LogP contribution is 2.31. The monoisotopic (exact) mass is 253 g/mol. The first-order valence-electron chi connectivity index (χ1n) is 7.67. The second-order valence-electron chi connectivity index (χ2n) is 5.61. The van der Waals surface area contributed by atoms with Crippen molar-refractivity contribution < 1.29 is 9.53 Å². The standard InChI is InChI=1S/C15H27NO2/c1-2-18-12-11-16-10-6-5-8-14(16)13-7-3-4-9-15(13)17/h13-14H,2-12H2,1H3. The number of carbonyl (C=O) groups excluding carboxylic acids is 1. The van der Waals surface area contributed by atoms with Gasteiger partial charge in [0.25, 0.3) is 0 Å². The van der Waals surface area contributed by atoms with Gasteiger partial charge in [-0.25, -0.2) is 0 Å². The lowest BCUT2D eigenvalue weighted by atomic mass is 9.79. The van der Waals surface area contributed by atoms with Crippen LogP contribution in [0, 0.1) is 5.92 Å². The van der Waals surface area contributed by atoms with Crippen molar-refractivity contribution in [3.63, 3.8) is 0 Å². The van der Waals surface area contributed by atoms with Gasteiger partial charge in [0.1, 0.15) is 5.78 Å². The minimum Gasteiger partial charge on any atom is -0.380 e. The molecule has 1 aliphatic carbocycles. The van der Waals surface area contributed by atoms with Gasteiger partial charge in [0.15, 0.2) is 0 Å². The van der Waals surface area contributed by atoms with Crippen LogP contribution < -0.4 is 0 Å². The molecule has 18 heavy (non-hydrogen) atoms. The zero-order chi connectivity index (χ0) is 12.8. The van der Waals surface area contributed by atoms with Crippen molar-refractivity contribution in [2.45, 2.75) is 57.9 Å². The van der Waals surface area contributed by atoms with E-state index in [0.29, 0.717) is 17.7 Å². The fourth-order valence-corrected chi connectivity index (χ4v) is 3.49. The lowest BCUT2D eigenvalue weighted by Gasteiger charge is -2.41. The van der Waals surface area contributed by atoms with Gasteiger partial charge in [-0.2, -0.15) is 0 Å². The zero-order valence-electron chi connectivity index (χ0n) is 11.7. The van der Waals surface area contributed by atoms with Crippen LogP contribution in [0.4, 0.5) is 0 Å². The number of carbonyl (C=O) groups is 1. The molecule has 0 N–H and O–H groups in total. The first kappa shape index (κ1) is 14.0. The van der Waals surface area contributed by atoms with Crippen LogP contribution in [0.5, 0.6) is 0 Å². The molecule has 2 unspecified atom stereocenters. The van der Waals surface area contributed by atoms with Crippen LogP contribution in [-0.4, -0.2) is 43.0 Å². The Morgan fingerprint density at radius 1 is 1.22 bits per heavy atom. The quantitative estimate of drug-likeness (QED) is 0.705. The lowest BCUT2D eigenvalue weighted by molar-refractivity contribution is -0.127. The summed E-state index contributed by atoms with van der Waals surface area (Å²) >= 11 is 0. The van der Waals surface area contributed by atoms with Gasteiger partial charge in [-0.3, -0.25) is 9.69 Å². The number of hydrogen-bond donors (Lipinski definition) is 0. The molecule has 1 saturated heterocycles. The van der Waals surface area contributed by atoms with Crippen LogP contribution in [0.1, 0.15) is 51.9 Å². The van der Waals surface area contributed by atoms with Gasteiger partial charge in [0.05, 0.1) is 6.61 Å². The first-order valence-corrected chi connectivity index (χ1v) is 7.67. The van der Waals surface area contributed by atoms with E-state index in [4.69, 9.17) is 4.74 Å². The molecule has 1 heterocycles. The number of piperidine rings is 1. The number of Topliss-reactive ketones (excluding diaryl/α,β-unsaturated/α-hetero) is 1. The average Bonchev–Trinajstić information content (AvgIpc) is 2.40. The van der Waals surface area contributed by atoms with Crippen molar-refractivity contribution >= 4 is 5.78 Å². The van der Waals surface area contributed by atoms with Crippen molar-refractivity contribution in [3.8, 4) is 0 Å². The van der Waals surface area contributed by atoms with E-state index in [2.05, 4.69) is 4.90 Å². The molecule has 0 radical (unpaired) electrons. The number of nitrogens with zero attached hydrogens (tertiary/aromatic N) is 1. The Kier molecular flexibility index (Phi) is 5.64. The highest BCUT2D eigenvalue weighted by Gasteiger charge is 2.34. The highest BCUT2D eigenvalue weighted by molar-refractivity contribution is 5.82. The summed E-state index contributed by atoms with van der Waals surface area (Å²) in [4.78, 5) is 14.6. The Hall–Kier alpha value is -0.410. The Morgan fingerprint density at radius 2 is 2.06 bits per heavy atom. The fourth-order valence-electron chi connectivity index (χ4n) is 3.49. The predicted octanol–water partition coefficient (Wildman–Crippen LogP) is 2.64. The van der Waals surface area contributed by atoms with E-state index in [-0.39, 0.29) is 0 Å². The maximum atomic E-state index is 12.1. The SMILES string of the molecule is CCOCCN1CCCCC1C1CCCCC1=O. The summed E-state index contributed by atoms with van der Waals surface area (Å²) < 4.78 is 5.47. The summed E-state index contributed by atoms with van der Waals surface area (Å²) in [6, 6.07) is 0.506. The van der Waals surface area contributed by atoms with Gasteiger partial charge in [0, 0.05) is 31.5 Å². The Bertz CT molecular complexity index is 267. The molecule has 2 aliphatic rings. The van der Waals surface area contributed by atoms with Gasteiger partial charge in [-0.15, -0.1) is 0 Å². The molecule has 0 aromatic heterocycles. The second-order valence-corrected chi connectivity index (χ2v) is 5.61. The summed E-state index contributed by atoms with van der Waals surface area (Å²) in [5.74, 6) is 0.843. The van der Waals surface area contributed by atoms with E-state index in [9.17, 15) is 4.79 Å². The van der Waals surface area contributed by atoms with Crippen LogP contribution in [-0.2, 0) is 9.53 Å². The van der Waals surface area contributed by atoms with E-state index in [1.54, 1.807) is 0 Å².